The van der Waals surface area contributed by atoms with Crippen molar-refractivity contribution >= 4 is 39.3 Å². The van der Waals surface area contributed by atoms with Crippen LogP contribution in [-0.2, 0) is 19.6 Å². The average molecular weight is 475 g/mol. The molecule has 10 nitrogen and oxygen atoms in total. The van der Waals surface area contributed by atoms with Gasteiger partial charge in [-0.2, -0.15) is 0 Å². The molecule has 0 aromatic heterocycles. The summed E-state index contributed by atoms with van der Waals surface area (Å²) in [6, 6.07) is 9.99. The van der Waals surface area contributed by atoms with Crippen molar-refractivity contribution in [1.82, 2.24) is 10.0 Å². The summed E-state index contributed by atoms with van der Waals surface area (Å²) in [5, 5.41) is 5.15. The lowest BCUT2D eigenvalue weighted by Crippen LogP contribution is -2.41. The molecule has 0 radical (unpaired) electrons. The number of hydrogen-bond donors (Lipinski definition) is 3. The van der Waals surface area contributed by atoms with Gasteiger partial charge in [0.15, 0.2) is 5.75 Å². The Hall–Kier alpha value is -3.60. The van der Waals surface area contributed by atoms with Crippen LogP contribution in [0.4, 0.5) is 16.2 Å². The number of carbonyl (C=O) groups excluding carboxylic acids is 3. The van der Waals surface area contributed by atoms with Gasteiger partial charge < -0.3 is 20.3 Å². The molecule has 0 atom stereocenters. The Morgan fingerprint density at radius 3 is 2.55 bits per heavy atom. The maximum absolute atomic E-state index is 12.5. The normalized spacial score (nSPS) is 13.0. The third-order valence-electron chi connectivity index (χ3n) is 4.83. The number of nitrogens with one attached hydrogen (secondary N) is 3. The summed E-state index contributed by atoms with van der Waals surface area (Å²) in [6.45, 7) is 4.05. The monoisotopic (exact) mass is 474 g/mol. The third kappa shape index (κ3) is 6.45. The summed E-state index contributed by atoms with van der Waals surface area (Å²) in [5.41, 5.74) is 1.94. The van der Waals surface area contributed by atoms with E-state index in [2.05, 4.69) is 10.6 Å². The second-order valence-electron chi connectivity index (χ2n) is 7.59. The molecule has 0 bridgehead atoms. The van der Waals surface area contributed by atoms with Gasteiger partial charge in [0, 0.05) is 12.2 Å². The second-order valence-corrected chi connectivity index (χ2v) is 9.27. The number of hydrogen-bond acceptors (Lipinski definition) is 7. The minimum Gasteiger partial charge on any atom is -0.423 e. The average Bonchev–Trinajstić information content (AvgIpc) is 2.73. The Kier molecular flexibility index (Phi) is 7.54. The van der Waals surface area contributed by atoms with Crippen molar-refractivity contribution < 1.29 is 27.5 Å². The quantitative estimate of drug-likeness (QED) is 0.303. The van der Waals surface area contributed by atoms with E-state index in [-0.39, 0.29) is 23.9 Å². The molecule has 3 amide bonds. The van der Waals surface area contributed by atoms with E-state index in [4.69, 9.17) is 4.74 Å². The molecule has 33 heavy (non-hydrogen) atoms. The molecule has 0 saturated heterocycles. The second kappa shape index (κ2) is 10.3. The lowest BCUT2D eigenvalue weighted by Gasteiger charge is -2.29. The van der Waals surface area contributed by atoms with Gasteiger partial charge in [0.25, 0.3) is 10.0 Å². The summed E-state index contributed by atoms with van der Waals surface area (Å²) < 4.78 is 31.9. The number of nitrogens with zero attached hydrogens (tertiary/aromatic N) is 1. The molecule has 0 aliphatic carbocycles. The van der Waals surface area contributed by atoms with Gasteiger partial charge in [-0.05, 0) is 55.3 Å². The molecular formula is C22H26N4O6S. The molecule has 0 fully saturated rings. The van der Waals surface area contributed by atoms with Gasteiger partial charge in [-0.25, -0.2) is 22.7 Å². The molecule has 3 rings (SSSR count). The lowest BCUT2D eigenvalue weighted by molar-refractivity contribution is -0.133. The van der Waals surface area contributed by atoms with E-state index in [9.17, 15) is 22.8 Å². The number of esters is 1. The highest BCUT2D eigenvalue weighted by atomic mass is 32.2. The molecule has 1 heterocycles. The maximum atomic E-state index is 12.5. The Labute approximate surface area is 192 Å². The van der Waals surface area contributed by atoms with Crippen molar-refractivity contribution in [3.8, 4) is 5.75 Å². The third-order valence-corrected chi connectivity index (χ3v) is 6.17. The van der Waals surface area contributed by atoms with Gasteiger partial charge in [0.1, 0.15) is 6.54 Å². The van der Waals surface area contributed by atoms with Crippen LogP contribution in [0.2, 0.25) is 0 Å². The van der Waals surface area contributed by atoms with Crippen LogP contribution in [0, 0.1) is 6.92 Å². The minimum atomic E-state index is -4.04. The first-order valence-electron chi connectivity index (χ1n) is 10.4. The van der Waals surface area contributed by atoms with Crippen molar-refractivity contribution in [1.29, 1.82) is 0 Å². The Bertz CT molecular complexity index is 1150. The van der Waals surface area contributed by atoms with Gasteiger partial charge >= 0.3 is 12.0 Å². The van der Waals surface area contributed by atoms with Gasteiger partial charge in [0.2, 0.25) is 5.91 Å². The predicted molar refractivity (Wildman–Crippen MR) is 123 cm³/mol. The zero-order chi connectivity index (χ0) is 24.0. The summed E-state index contributed by atoms with van der Waals surface area (Å²) >= 11 is 0. The van der Waals surface area contributed by atoms with Crippen LogP contribution in [0.1, 0.15) is 25.3 Å². The van der Waals surface area contributed by atoms with Crippen molar-refractivity contribution in [2.45, 2.75) is 31.6 Å². The van der Waals surface area contributed by atoms with Crippen LogP contribution in [-0.4, -0.2) is 46.0 Å². The van der Waals surface area contributed by atoms with Gasteiger partial charge in [-0.3, -0.25) is 4.79 Å². The number of rotatable bonds is 8. The largest absolute Gasteiger partial charge is 0.423 e. The SMILES string of the molecule is CCCCNC(=O)NS(=O)(=O)c1ccc(NC(=O)CN2CC(=O)Oc3cc(C)ccc32)cc1. The first-order valence-corrected chi connectivity index (χ1v) is 11.9. The number of fused-ring (bicyclic) bond motifs is 1. The van der Waals surface area contributed by atoms with Crippen LogP contribution < -0.4 is 25.0 Å². The van der Waals surface area contributed by atoms with Gasteiger partial charge in [0.05, 0.1) is 17.1 Å². The molecule has 0 unspecified atom stereocenters. The van der Waals surface area contributed by atoms with Gasteiger partial charge in [-0.1, -0.05) is 19.4 Å². The fourth-order valence-electron chi connectivity index (χ4n) is 3.19. The van der Waals surface area contributed by atoms with Crippen LogP contribution in [0.3, 0.4) is 0 Å². The number of benzene rings is 2. The zero-order valence-corrected chi connectivity index (χ0v) is 19.2. The molecule has 1 aliphatic rings. The van der Waals surface area contributed by atoms with E-state index >= 15 is 0 Å². The molecule has 0 spiro atoms. The van der Waals surface area contributed by atoms with E-state index in [1.165, 1.54) is 24.3 Å². The molecule has 176 valence electrons. The number of sulfonamides is 1. The van der Waals surface area contributed by atoms with Crippen LogP contribution >= 0.6 is 0 Å². The smallest absolute Gasteiger partial charge is 0.331 e. The number of aryl methyl sites for hydroxylation is 1. The molecule has 1 aliphatic heterocycles. The molecular weight excluding hydrogens is 448 g/mol. The van der Waals surface area contributed by atoms with Crippen LogP contribution in [0.15, 0.2) is 47.4 Å². The Morgan fingerprint density at radius 1 is 1.12 bits per heavy atom. The van der Waals surface area contributed by atoms with E-state index in [0.717, 1.165) is 18.4 Å². The summed E-state index contributed by atoms with van der Waals surface area (Å²) in [6.07, 6.45) is 1.61. The van der Waals surface area contributed by atoms with Gasteiger partial charge in [-0.15, -0.1) is 0 Å². The first-order chi connectivity index (χ1) is 15.7. The number of unbranched alkanes of at least 4 members (excludes halogenated alkanes) is 1. The lowest BCUT2D eigenvalue weighted by atomic mass is 10.1. The number of anilines is 2. The summed E-state index contributed by atoms with van der Waals surface area (Å²) in [7, 11) is -4.04. The Balaban J connectivity index is 1.60. The van der Waals surface area contributed by atoms with Crippen molar-refractivity contribution in [2.24, 2.45) is 0 Å². The minimum absolute atomic E-state index is 0.0628. The van der Waals surface area contributed by atoms with Crippen molar-refractivity contribution in [3.05, 3.63) is 48.0 Å². The van der Waals surface area contributed by atoms with Crippen LogP contribution in [0.25, 0.3) is 0 Å². The molecule has 2 aromatic carbocycles. The Morgan fingerprint density at radius 2 is 1.85 bits per heavy atom. The highest BCUT2D eigenvalue weighted by molar-refractivity contribution is 7.90. The summed E-state index contributed by atoms with van der Waals surface area (Å²) in [4.78, 5) is 37.6. The highest BCUT2D eigenvalue weighted by Crippen LogP contribution is 2.32. The maximum Gasteiger partial charge on any atom is 0.331 e. The van der Waals surface area contributed by atoms with E-state index in [1.807, 2.05) is 24.6 Å². The number of ether oxygens (including phenoxy) is 1. The molecule has 11 heteroatoms. The highest BCUT2D eigenvalue weighted by Gasteiger charge is 2.26. The van der Waals surface area contributed by atoms with E-state index in [0.29, 0.717) is 23.7 Å². The molecule has 3 N–H and O–H groups in total. The standard InChI is InChI=1S/C22H26N4O6S/c1-3-4-11-23-22(29)25-33(30,31)17-8-6-16(7-9-17)24-20(27)13-26-14-21(28)32-19-12-15(2)5-10-18(19)26/h5-10,12H,3-4,11,13-14H2,1-2H3,(H,24,27)(H2,23,25,29). The van der Waals surface area contributed by atoms with Crippen LogP contribution in [0.5, 0.6) is 5.75 Å². The summed E-state index contributed by atoms with van der Waals surface area (Å²) in [5.74, 6) is -0.443. The molecule has 2 aromatic rings. The fraction of sp³-hybridized carbons (Fsp3) is 0.318. The number of urea groups is 1. The topological polar surface area (TPSA) is 134 Å². The molecule has 0 saturated carbocycles. The van der Waals surface area contributed by atoms with E-state index in [1.54, 1.807) is 17.0 Å². The first kappa shape index (κ1) is 24.1. The predicted octanol–water partition coefficient (Wildman–Crippen LogP) is 2.15. The van der Waals surface area contributed by atoms with Crippen molar-refractivity contribution in [2.75, 3.05) is 29.9 Å². The van der Waals surface area contributed by atoms with E-state index < -0.39 is 22.0 Å². The number of carbonyl (C=O) groups is 3. The zero-order valence-electron chi connectivity index (χ0n) is 18.4. The van der Waals surface area contributed by atoms with Crippen molar-refractivity contribution in [3.63, 3.8) is 0 Å². The fourth-order valence-corrected chi connectivity index (χ4v) is 4.12. The number of amides is 3.